The molecule has 9 heteroatoms. The quantitative estimate of drug-likeness (QED) is 0.297. The van der Waals surface area contributed by atoms with Crippen molar-refractivity contribution in [3.63, 3.8) is 0 Å². The van der Waals surface area contributed by atoms with Gasteiger partial charge in [-0.1, -0.05) is 42.6 Å². The summed E-state index contributed by atoms with van der Waals surface area (Å²) in [5.74, 6) is 0.773. The molecule has 0 saturated carbocycles. The van der Waals surface area contributed by atoms with E-state index < -0.39 is 0 Å². The smallest absolute Gasteiger partial charge is 0.293 e. The molecule has 0 radical (unpaired) electrons. The van der Waals surface area contributed by atoms with Gasteiger partial charge in [0, 0.05) is 22.2 Å². The Kier molecular flexibility index (Phi) is 8.94. The highest BCUT2D eigenvalue weighted by atomic mass is 79.9. The number of hydrogen-bond donors (Lipinski definition) is 0. The molecule has 5 nitrogen and oxygen atoms in total. The van der Waals surface area contributed by atoms with Gasteiger partial charge in [-0.2, -0.15) is 0 Å². The van der Waals surface area contributed by atoms with Crippen LogP contribution in [0.1, 0.15) is 37.8 Å². The highest BCUT2D eigenvalue weighted by molar-refractivity contribution is 9.10. The third kappa shape index (κ3) is 6.01. The van der Waals surface area contributed by atoms with Gasteiger partial charge in [-0.25, -0.2) is 0 Å². The molecule has 1 aliphatic rings. The van der Waals surface area contributed by atoms with Crippen molar-refractivity contribution in [2.24, 2.45) is 0 Å². The Morgan fingerprint density at radius 3 is 2.59 bits per heavy atom. The Balaban J connectivity index is 1.84. The predicted octanol–water partition coefficient (Wildman–Crippen LogP) is 7.57. The minimum Gasteiger partial charge on any atom is -0.490 e. The van der Waals surface area contributed by atoms with Crippen LogP contribution in [0.5, 0.6) is 11.5 Å². The summed E-state index contributed by atoms with van der Waals surface area (Å²) in [4.78, 5) is 26.5. The second-order valence-corrected chi connectivity index (χ2v) is 9.67. The zero-order chi connectivity index (χ0) is 23.3. The van der Waals surface area contributed by atoms with Crippen molar-refractivity contribution in [1.29, 1.82) is 0 Å². The monoisotopic (exact) mass is 557 g/mol. The van der Waals surface area contributed by atoms with Crippen molar-refractivity contribution in [2.45, 2.75) is 33.3 Å². The average molecular weight is 559 g/mol. The summed E-state index contributed by atoms with van der Waals surface area (Å²) in [5, 5.41) is 0.832. The van der Waals surface area contributed by atoms with Crippen molar-refractivity contribution < 1.29 is 19.1 Å². The van der Waals surface area contributed by atoms with E-state index in [-0.39, 0.29) is 17.8 Å². The molecule has 0 aromatic heterocycles. The Hall–Kier alpha value is -1.67. The zero-order valence-corrected chi connectivity index (χ0v) is 21.5. The molecule has 0 N–H and O–H groups in total. The van der Waals surface area contributed by atoms with Crippen molar-refractivity contribution in [3.8, 4) is 11.5 Å². The molecule has 1 heterocycles. The molecule has 1 saturated heterocycles. The van der Waals surface area contributed by atoms with Gasteiger partial charge in [-0.05, 0) is 76.9 Å². The van der Waals surface area contributed by atoms with Crippen LogP contribution in [0.25, 0.3) is 6.08 Å². The van der Waals surface area contributed by atoms with Gasteiger partial charge in [0.15, 0.2) is 11.5 Å². The van der Waals surface area contributed by atoms with E-state index in [2.05, 4.69) is 15.9 Å². The second kappa shape index (κ2) is 11.5. The first-order valence-electron chi connectivity index (χ1n) is 10.1. The van der Waals surface area contributed by atoms with Gasteiger partial charge in [-0.15, -0.1) is 0 Å². The summed E-state index contributed by atoms with van der Waals surface area (Å²) in [6.45, 7) is 4.99. The fourth-order valence-corrected chi connectivity index (χ4v) is 4.93. The number of carbonyl (C=O) groups is 2. The fourth-order valence-electron chi connectivity index (χ4n) is 3.02. The van der Waals surface area contributed by atoms with E-state index in [1.807, 2.05) is 26.0 Å². The highest BCUT2D eigenvalue weighted by Gasteiger charge is 2.34. The van der Waals surface area contributed by atoms with E-state index in [9.17, 15) is 9.59 Å². The normalized spacial score (nSPS) is 15.0. The van der Waals surface area contributed by atoms with Gasteiger partial charge in [0.2, 0.25) is 0 Å². The Morgan fingerprint density at radius 2 is 1.91 bits per heavy atom. The van der Waals surface area contributed by atoms with Crippen LogP contribution in [0.4, 0.5) is 4.79 Å². The number of unbranched alkanes of at least 4 members (excludes halogenated alkanes) is 1. The van der Waals surface area contributed by atoms with Crippen molar-refractivity contribution in [3.05, 3.63) is 60.9 Å². The van der Waals surface area contributed by atoms with Gasteiger partial charge < -0.3 is 9.47 Å². The lowest BCUT2D eigenvalue weighted by Crippen LogP contribution is -2.29. The van der Waals surface area contributed by atoms with Gasteiger partial charge in [-0.3, -0.25) is 14.5 Å². The summed E-state index contributed by atoms with van der Waals surface area (Å²) in [6.07, 6.45) is 3.40. The molecule has 2 aromatic rings. The van der Waals surface area contributed by atoms with Crippen LogP contribution < -0.4 is 9.47 Å². The summed E-state index contributed by atoms with van der Waals surface area (Å²) in [7, 11) is 0. The van der Waals surface area contributed by atoms with Crippen molar-refractivity contribution >= 4 is 68.1 Å². The third-order valence-electron chi connectivity index (χ3n) is 4.63. The number of nitrogens with zero attached hydrogens (tertiary/aromatic N) is 1. The van der Waals surface area contributed by atoms with Gasteiger partial charge in [0.05, 0.1) is 16.0 Å². The van der Waals surface area contributed by atoms with Crippen LogP contribution in [-0.4, -0.2) is 29.2 Å². The first-order chi connectivity index (χ1) is 15.3. The number of halogens is 3. The summed E-state index contributed by atoms with van der Waals surface area (Å²) < 4.78 is 12.4. The minimum atomic E-state index is -0.264. The molecular weight excluding hydrogens is 537 g/mol. The minimum absolute atomic E-state index is 0.227. The molecule has 2 aromatic carbocycles. The number of ether oxygens (including phenoxy) is 2. The standard InChI is InChI=1S/C23H22BrCl2NO4S/c1-3-5-8-27-22(28)20(32-23(27)29)11-14-9-17(24)21(19(10-14)30-4-2)31-13-15-6-7-16(25)12-18(15)26/h6-7,9-12H,3-5,8,13H2,1-2H3/b20-11-. The van der Waals surface area contributed by atoms with E-state index >= 15 is 0 Å². The Bertz CT molecular complexity index is 1060. The first kappa shape index (κ1) is 25.0. The molecule has 170 valence electrons. The summed E-state index contributed by atoms with van der Waals surface area (Å²) >= 11 is 16.7. The molecule has 0 unspecified atom stereocenters. The molecular formula is C23H22BrCl2NO4S. The maximum Gasteiger partial charge on any atom is 0.293 e. The molecule has 1 aliphatic heterocycles. The number of hydrogen-bond acceptors (Lipinski definition) is 5. The number of rotatable bonds is 9. The zero-order valence-electron chi connectivity index (χ0n) is 17.6. The summed E-state index contributed by atoms with van der Waals surface area (Å²) in [6, 6.07) is 8.83. The molecule has 32 heavy (non-hydrogen) atoms. The van der Waals surface area contributed by atoms with Crippen LogP contribution in [0.2, 0.25) is 10.0 Å². The van der Waals surface area contributed by atoms with Crippen LogP contribution in [0, 0.1) is 0 Å². The van der Waals surface area contributed by atoms with E-state index in [0.29, 0.717) is 44.1 Å². The Morgan fingerprint density at radius 1 is 1.12 bits per heavy atom. The van der Waals surface area contributed by atoms with Gasteiger partial charge in [0.1, 0.15) is 6.61 Å². The molecule has 0 spiro atoms. The van der Waals surface area contributed by atoms with Crippen LogP contribution >= 0.6 is 50.9 Å². The van der Waals surface area contributed by atoms with Crippen LogP contribution in [-0.2, 0) is 11.4 Å². The van der Waals surface area contributed by atoms with Gasteiger partial charge in [0.25, 0.3) is 11.1 Å². The fraction of sp³-hybridized carbons (Fsp3) is 0.304. The second-order valence-electron chi connectivity index (χ2n) is 6.97. The maximum atomic E-state index is 12.6. The number of amides is 2. The number of carbonyl (C=O) groups excluding carboxylic acids is 2. The SMILES string of the molecule is CCCCN1C(=O)S/C(=C\c2cc(Br)c(OCc3ccc(Cl)cc3Cl)c(OCC)c2)C1=O. The molecule has 3 rings (SSSR count). The largest absolute Gasteiger partial charge is 0.490 e. The van der Waals surface area contributed by atoms with Crippen LogP contribution in [0.3, 0.4) is 0 Å². The van der Waals surface area contributed by atoms with E-state index in [1.165, 1.54) is 4.90 Å². The molecule has 1 fully saturated rings. The topological polar surface area (TPSA) is 55.8 Å². The Labute approximate surface area is 210 Å². The van der Waals surface area contributed by atoms with Crippen molar-refractivity contribution in [1.82, 2.24) is 4.90 Å². The lowest BCUT2D eigenvalue weighted by Gasteiger charge is -2.15. The highest BCUT2D eigenvalue weighted by Crippen LogP contribution is 2.40. The lowest BCUT2D eigenvalue weighted by molar-refractivity contribution is -0.122. The van der Waals surface area contributed by atoms with Gasteiger partial charge >= 0.3 is 0 Å². The molecule has 0 aliphatic carbocycles. The maximum absolute atomic E-state index is 12.6. The molecule has 0 bridgehead atoms. The summed E-state index contributed by atoms with van der Waals surface area (Å²) in [5.41, 5.74) is 1.51. The van der Waals surface area contributed by atoms with E-state index in [1.54, 1.807) is 24.3 Å². The first-order valence-corrected chi connectivity index (χ1v) is 12.5. The number of imide groups is 1. The van der Waals surface area contributed by atoms with Crippen molar-refractivity contribution in [2.75, 3.05) is 13.2 Å². The van der Waals surface area contributed by atoms with E-state index in [0.717, 1.165) is 35.7 Å². The number of benzene rings is 2. The van der Waals surface area contributed by atoms with Crippen LogP contribution in [0.15, 0.2) is 39.7 Å². The molecule has 0 atom stereocenters. The number of thioether (sulfide) groups is 1. The predicted molar refractivity (Wildman–Crippen MR) is 134 cm³/mol. The lowest BCUT2D eigenvalue weighted by atomic mass is 10.1. The average Bonchev–Trinajstić information content (AvgIpc) is 3.00. The molecule has 2 amide bonds. The van der Waals surface area contributed by atoms with E-state index in [4.69, 9.17) is 32.7 Å². The third-order valence-corrected chi connectivity index (χ3v) is 6.71.